The third-order valence-electron chi connectivity index (χ3n) is 2.96. The maximum absolute atomic E-state index is 5.74. The summed E-state index contributed by atoms with van der Waals surface area (Å²) in [6.07, 6.45) is 4.75. The molecule has 0 radical (unpaired) electrons. The molecule has 0 amide bonds. The van der Waals surface area contributed by atoms with Crippen molar-refractivity contribution in [2.75, 3.05) is 11.9 Å². The van der Waals surface area contributed by atoms with E-state index in [2.05, 4.69) is 23.4 Å². The smallest absolute Gasteiger partial charge is 0.106 e. The van der Waals surface area contributed by atoms with Crippen LogP contribution in [0.5, 0.6) is 0 Å². The number of hydrogen-bond donors (Lipinski definition) is 2. The lowest BCUT2D eigenvalue weighted by atomic mass is 10.1. The van der Waals surface area contributed by atoms with E-state index in [1.165, 1.54) is 0 Å². The van der Waals surface area contributed by atoms with E-state index >= 15 is 0 Å². The fraction of sp³-hybridized carbons (Fsp3) is 0.286. The van der Waals surface area contributed by atoms with Gasteiger partial charge in [-0.25, -0.2) is 0 Å². The van der Waals surface area contributed by atoms with Gasteiger partial charge >= 0.3 is 0 Å². The summed E-state index contributed by atoms with van der Waals surface area (Å²) in [4.78, 5) is 0.429. The maximum atomic E-state index is 5.74. The van der Waals surface area contributed by atoms with E-state index in [0.717, 1.165) is 36.3 Å². The minimum absolute atomic E-state index is 0.429. The van der Waals surface area contributed by atoms with Crippen molar-refractivity contribution in [3.8, 4) is 0 Å². The fourth-order valence-corrected chi connectivity index (χ4v) is 2.17. The van der Waals surface area contributed by atoms with Gasteiger partial charge in [0, 0.05) is 36.7 Å². The van der Waals surface area contributed by atoms with E-state index in [9.17, 15) is 0 Å². The van der Waals surface area contributed by atoms with E-state index in [0.29, 0.717) is 4.99 Å². The molecule has 3 N–H and O–H groups in total. The molecule has 0 bridgehead atoms. The molecule has 0 fully saturated rings. The van der Waals surface area contributed by atoms with Crippen LogP contribution < -0.4 is 11.1 Å². The number of thiocarbonyl (C=S) groups is 1. The van der Waals surface area contributed by atoms with Crippen LogP contribution in [0.3, 0.4) is 0 Å². The molecular weight excluding hydrogens is 256 g/mol. The Bertz CT molecular complexity index is 549. The zero-order chi connectivity index (χ0) is 13.7. The van der Waals surface area contributed by atoms with Gasteiger partial charge in [-0.15, -0.1) is 0 Å². The van der Waals surface area contributed by atoms with E-state index in [-0.39, 0.29) is 0 Å². The maximum Gasteiger partial charge on any atom is 0.106 e. The highest BCUT2D eigenvalue weighted by molar-refractivity contribution is 7.80. The molecule has 0 unspecified atom stereocenters. The van der Waals surface area contributed by atoms with Gasteiger partial charge in [-0.2, -0.15) is 5.10 Å². The second-order valence-electron chi connectivity index (χ2n) is 4.41. The molecule has 2 rings (SSSR count). The van der Waals surface area contributed by atoms with Crippen molar-refractivity contribution < 1.29 is 0 Å². The van der Waals surface area contributed by atoms with E-state index in [1.807, 2.05) is 29.1 Å². The van der Waals surface area contributed by atoms with Crippen molar-refractivity contribution in [1.82, 2.24) is 9.78 Å². The van der Waals surface area contributed by atoms with Crippen LogP contribution in [0.2, 0.25) is 0 Å². The Morgan fingerprint density at radius 1 is 1.42 bits per heavy atom. The van der Waals surface area contributed by atoms with Gasteiger partial charge in [-0.3, -0.25) is 4.68 Å². The minimum atomic E-state index is 0.429. The van der Waals surface area contributed by atoms with Gasteiger partial charge < -0.3 is 11.1 Å². The molecule has 0 saturated carbocycles. The first-order valence-electron chi connectivity index (χ1n) is 6.29. The quantitative estimate of drug-likeness (QED) is 0.627. The molecule has 0 aliphatic carbocycles. The molecule has 0 spiro atoms. The summed E-state index contributed by atoms with van der Waals surface area (Å²) in [7, 11) is 0. The Morgan fingerprint density at radius 3 is 2.95 bits per heavy atom. The average molecular weight is 274 g/mol. The molecule has 19 heavy (non-hydrogen) atoms. The van der Waals surface area contributed by atoms with Crippen molar-refractivity contribution in [3.05, 3.63) is 47.8 Å². The molecule has 1 aromatic heterocycles. The zero-order valence-corrected chi connectivity index (χ0v) is 11.8. The van der Waals surface area contributed by atoms with Crippen molar-refractivity contribution in [1.29, 1.82) is 0 Å². The molecule has 1 aromatic carbocycles. The number of rotatable bonds is 6. The molecule has 1 heterocycles. The van der Waals surface area contributed by atoms with Crippen molar-refractivity contribution in [2.24, 2.45) is 5.73 Å². The topological polar surface area (TPSA) is 55.9 Å². The molecular formula is C14H18N4S. The number of nitrogens with one attached hydrogen (secondary N) is 1. The van der Waals surface area contributed by atoms with Crippen LogP contribution in [0.1, 0.15) is 17.5 Å². The van der Waals surface area contributed by atoms with Crippen LogP contribution in [0.25, 0.3) is 0 Å². The third-order valence-corrected chi connectivity index (χ3v) is 3.18. The Labute approximate surface area is 118 Å². The predicted octanol–water partition coefficient (Wildman–Crippen LogP) is 2.33. The third kappa shape index (κ3) is 3.54. The van der Waals surface area contributed by atoms with Crippen molar-refractivity contribution in [2.45, 2.75) is 19.9 Å². The summed E-state index contributed by atoms with van der Waals surface area (Å²) >= 11 is 5.08. The number of benzene rings is 1. The highest BCUT2D eigenvalue weighted by atomic mass is 32.1. The monoisotopic (exact) mass is 274 g/mol. The Morgan fingerprint density at radius 2 is 2.26 bits per heavy atom. The number of para-hydroxylation sites is 1. The number of aromatic nitrogens is 2. The van der Waals surface area contributed by atoms with Gasteiger partial charge in [-0.05, 0) is 31.0 Å². The summed E-state index contributed by atoms with van der Waals surface area (Å²) in [6.45, 7) is 3.81. The molecule has 0 aliphatic rings. The molecule has 0 saturated heterocycles. The van der Waals surface area contributed by atoms with Crippen LogP contribution in [0, 0.1) is 6.92 Å². The highest BCUT2D eigenvalue weighted by Crippen LogP contribution is 2.20. The molecule has 4 nitrogen and oxygen atoms in total. The number of aryl methyl sites for hydroxylation is 2. The summed E-state index contributed by atoms with van der Waals surface area (Å²) in [5.74, 6) is 0. The van der Waals surface area contributed by atoms with Crippen molar-refractivity contribution in [3.63, 3.8) is 0 Å². The molecule has 5 heteroatoms. The fourth-order valence-electron chi connectivity index (χ4n) is 1.99. The predicted molar refractivity (Wildman–Crippen MR) is 82.4 cm³/mol. The molecule has 100 valence electrons. The van der Waals surface area contributed by atoms with Crippen LogP contribution in [-0.2, 0) is 6.54 Å². The van der Waals surface area contributed by atoms with Crippen LogP contribution >= 0.6 is 12.2 Å². The van der Waals surface area contributed by atoms with Gasteiger partial charge in [0.25, 0.3) is 0 Å². The first-order chi connectivity index (χ1) is 9.18. The lowest BCUT2D eigenvalue weighted by Crippen LogP contribution is -2.15. The van der Waals surface area contributed by atoms with E-state index < -0.39 is 0 Å². The second-order valence-corrected chi connectivity index (χ2v) is 4.85. The standard InChI is InChI=1S/C14H18N4S/c1-11-5-2-6-12(14(15)19)13(11)16-7-3-9-18-10-4-8-17-18/h2,4-6,8,10,16H,3,7,9H2,1H3,(H2,15,19). The van der Waals surface area contributed by atoms with Gasteiger partial charge in [0.1, 0.15) is 4.99 Å². The van der Waals surface area contributed by atoms with Crippen molar-refractivity contribution >= 4 is 22.9 Å². The van der Waals surface area contributed by atoms with E-state index in [1.54, 1.807) is 6.20 Å². The van der Waals surface area contributed by atoms with Crippen LogP contribution in [0.15, 0.2) is 36.7 Å². The zero-order valence-electron chi connectivity index (χ0n) is 11.0. The molecule has 2 aromatic rings. The van der Waals surface area contributed by atoms with E-state index in [4.69, 9.17) is 18.0 Å². The van der Waals surface area contributed by atoms with Gasteiger partial charge in [-0.1, -0.05) is 24.4 Å². The second kappa shape index (κ2) is 6.33. The number of anilines is 1. The Balaban J connectivity index is 1.93. The summed E-state index contributed by atoms with van der Waals surface area (Å²) in [5, 5.41) is 7.59. The lowest BCUT2D eigenvalue weighted by Gasteiger charge is -2.14. The van der Waals surface area contributed by atoms with Crippen LogP contribution in [-0.4, -0.2) is 21.3 Å². The normalized spacial score (nSPS) is 10.4. The van der Waals surface area contributed by atoms with Gasteiger partial charge in [0.05, 0.1) is 0 Å². The number of nitrogens with zero attached hydrogens (tertiary/aromatic N) is 2. The average Bonchev–Trinajstić information content (AvgIpc) is 2.88. The summed E-state index contributed by atoms with van der Waals surface area (Å²) in [6, 6.07) is 7.90. The Hall–Kier alpha value is -1.88. The molecule has 0 aliphatic heterocycles. The van der Waals surface area contributed by atoms with Crippen LogP contribution in [0.4, 0.5) is 5.69 Å². The SMILES string of the molecule is Cc1cccc(C(N)=S)c1NCCCn1cccn1. The first kappa shape index (κ1) is 13.5. The van der Waals surface area contributed by atoms with Gasteiger partial charge in [0.15, 0.2) is 0 Å². The largest absolute Gasteiger partial charge is 0.389 e. The highest BCUT2D eigenvalue weighted by Gasteiger charge is 2.06. The lowest BCUT2D eigenvalue weighted by molar-refractivity contribution is 0.592. The number of nitrogens with two attached hydrogens (primary N) is 1. The summed E-state index contributed by atoms with van der Waals surface area (Å²) in [5.41, 5.74) is 8.85. The molecule has 0 atom stereocenters. The number of hydrogen-bond acceptors (Lipinski definition) is 3. The van der Waals surface area contributed by atoms with Gasteiger partial charge in [0.2, 0.25) is 0 Å². The first-order valence-corrected chi connectivity index (χ1v) is 6.70. The summed E-state index contributed by atoms with van der Waals surface area (Å²) < 4.78 is 1.92. The minimum Gasteiger partial charge on any atom is -0.389 e. The Kier molecular flexibility index (Phi) is 4.52.